The van der Waals surface area contributed by atoms with E-state index in [1.165, 1.54) is 4.90 Å². The third-order valence-corrected chi connectivity index (χ3v) is 3.05. The Morgan fingerprint density at radius 2 is 2.00 bits per heavy atom. The maximum atomic E-state index is 11.9. The molecule has 1 saturated heterocycles. The zero-order valence-electron chi connectivity index (χ0n) is 9.84. The van der Waals surface area contributed by atoms with Gasteiger partial charge in [0, 0.05) is 13.1 Å². The van der Waals surface area contributed by atoms with Gasteiger partial charge in [-0.25, -0.2) is 0 Å². The molecular formula is C13H17NO3. The molecule has 0 unspecified atom stereocenters. The molecule has 2 rings (SSSR count). The van der Waals surface area contributed by atoms with E-state index in [1.807, 2.05) is 31.2 Å². The summed E-state index contributed by atoms with van der Waals surface area (Å²) in [7, 11) is 0. The number of rotatable bonds is 2. The van der Waals surface area contributed by atoms with Crippen LogP contribution in [-0.2, 0) is 11.2 Å². The van der Waals surface area contributed by atoms with Crippen LogP contribution >= 0.6 is 0 Å². The molecule has 1 fully saturated rings. The van der Waals surface area contributed by atoms with Gasteiger partial charge in [0.15, 0.2) is 0 Å². The van der Waals surface area contributed by atoms with Crippen LogP contribution in [0.4, 0.5) is 0 Å². The monoisotopic (exact) mass is 235 g/mol. The van der Waals surface area contributed by atoms with Crippen LogP contribution in [0.15, 0.2) is 24.3 Å². The van der Waals surface area contributed by atoms with E-state index in [0.717, 1.165) is 11.1 Å². The molecule has 17 heavy (non-hydrogen) atoms. The second kappa shape index (κ2) is 4.85. The molecule has 1 aliphatic heterocycles. The first kappa shape index (κ1) is 12.1. The molecule has 0 radical (unpaired) electrons. The zero-order chi connectivity index (χ0) is 12.4. The number of benzene rings is 1. The number of aliphatic hydroxyl groups is 2. The molecule has 92 valence electrons. The number of carbonyl (C=O) groups excluding carboxylic acids is 1. The Kier molecular flexibility index (Phi) is 3.45. The number of hydrogen-bond donors (Lipinski definition) is 2. The van der Waals surface area contributed by atoms with Crippen LogP contribution in [0.1, 0.15) is 11.1 Å². The maximum Gasteiger partial charge on any atom is 0.227 e. The number of aliphatic hydroxyl groups excluding tert-OH is 2. The second-order valence-corrected chi connectivity index (χ2v) is 4.60. The van der Waals surface area contributed by atoms with E-state index in [0.29, 0.717) is 6.42 Å². The number of amides is 1. The van der Waals surface area contributed by atoms with Crippen molar-refractivity contribution in [2.75, 3.05) is 13.1 Å². The molecule has 0 spiro atoms. The Balaban J connectivity index is 1.98. The van der Waals surface area contributed by atoms with Gasteiger partial charge in [-0.05, 0) is 12.5 Å². The van der Waals surface area contributed by atoms with Crippen molar-refractivity contribution >= 4 is 5.91 Å². The van der Waals surface area contributed by atoms with E-state index in [4.69, 9.17) is 0 Å². The first-order valence-electron chi connectivity index (χ1n) is 5.75. The number of hydrogen-bond acceptors (Lipinski definition) is 3. The Bertz CT molecular complexity index is 409. The largest absolute Gasteiger partial charge is 0.388 e. The van der Waals surface area contributed by atoms with E-state index < -0.39 is 12.2 Å². The van der Waals surface area contributed by atoms with Gasteiger partial charge in [0.25, 0.3) is 0 Å². The maximum absolute atomic E-state index is 11.9. The van der Waals surface area contributed by atoms with Gasteiger partial charge in [-0.1, -0.05) is 29.8 Å². The van der Waals surface area contributed by atoms with Crippen LogP contribution in [0.5, 0.6) is 0 Å². The lowest BCUT2D eigenvalue weighted by molar-refractivity contribution is -0.129. The van der Waals surface area contributed by atoms with Gasteiger partial charge in [0.1, 0.15) is 0 Å². The third kappa shape index (κ3) is 2.84. The van der Waals surface area contributed by atoms with Crippen LogP contribution in [-0.4, -0.2) is 46.3 Å². The fourth-order valence-corrected chi connectivity index (χ4v) is 2.08. The first-order chi connectivity index (χ1) is 8.06. The highest BCUT2D eigenvalue weighted by Gasteiger charge is 2.32. The van der Waals surface area contributed by atoms with Crippen molar-refractivity contribution in [3.05, 3.63) is 35.4 Å². The number of nitrogens with zero attached hydrogens (tertiary/aromatic N) is 1. The number of carbonyl (C=O) groups is 1. The topological polar surface area (TPSA) is 60.8 Å². The van der Waals surface area contributed by atoms with Crippen LogP contribution in [0, 0.1) is 6.92 Å². The molecule has 1 aromatic carbocycles. The minimum absolute atomic E-state index is 0.0498. The zero-order valence-corrected chi connectivity index (χ0v) is 9.84. The summed E-state index contributed by atoms with van der Waals surface area (Å²) in [6.07, 6.45) is -1.30. The molecule has 2 atom stereocenters. The fourth-order valence-electron chi connectivity index (χ4n) is 2.08. The van der Waals surface area contributed by atoms with Crippen molar-refractivity contribution in [3.8, 4) is 0 Å². The molecule has 4 heteroatoms. The van der Waals surface area contributed by atoms with Gasteiger partial charge in [-0.15, -0.1) is 0 Å². The second-order valence-electron chi connectivity index (χ2n) is 4.60. The fraction of sp³-hybridized carbons (Fsp3) is 0.462. The van der Waals surface area contributed by atoms with Crippen molar-refractivity contribution in [2.24, 2.45) is 0 Å². The molecule has 1 aromatic rings. The Hall–Kier alpha value is -1.39. The summed E-state index contributed by atoms with van der Waals surface area (Å²) in [5.41, 5.74) is 2.09. The molecule has 0 saturated carbocycles. The molecule has 1 aliphatic rings. The van der Waals surface area contributed by atoms with Gasteiger partial charge < -0.3 is 15.1 Å². The molecule has 0 aromatic heterocycles. The Morgan fingerprint density at radius 3 is 2.59 bits per heavy atom. The lowest BCUT2D eigenvalue weighted by atomic mass is 10.1. The smallest absolute Gasteiger partial charge is 0.227 e. The van der Waals surface area contributed by atoms with Crippen LogP contribution in [0.3, 0.4) is 0 Å². The highest BCUT2D eigenvalue weighted by molar-refractivity contribution is 5.79. The average molecular weight is 235 g/mol. The first-order valence-corrected chi connectivity index (χ1v) is 5.75. The van der Waals surface area contributed by atoms with Crippen molar-refractivity contribution in [3.63, 3.8) is 0 Å². The molecule has 0 aliphatic carbocycles. The lowest BCUT2D eigenvalue weighted by Gasteiger charge is -2.15. The summed E-state index contributed by atoms with van der Waals surface area (Å²) in [4.78, 5) is 13.4. The van der Waals surface area contributed by atoms with Gasteiger partial charge in [0.2, 0.25) is 5.91 Å². The number of β-amino-alcohol motifs (C(OH)–C–C–N with tert-alkyl or cyclic N) is 2. The molecule has 0 bridgehead atoms. The predicted octanol–water partition coefficient (Wildman–Crippen LogP) is 0.102. The van der Waals surface area contributed by atoms with Crippen molar-refractivity contribution in [1.29, 1.82) is 0 Å². The van der Waals surface area contributed by atoms with Gasteiger partial charge in [0.05, 0.1) is 18.6 Å². The minimum atomic E-state index is -0.809. The predicted molar refractivity (Wildman–Crippen MR) is 63.5 cm³/mol. The normalized spacial score (nSPS) is 24.1. The third-order valence-electron chi connectivity index (χ3n) is 3.05. The van der Waals surface area contributed by atoms with E-state index in [1.54, 1.807) is 0 Å². The summed E-state index contributed by atoms with van der Waals surface area (Å²) >= 11 is 0. The molecular weight excluding hydrogens is 218 g/mol. The number of aryl methyl sites for hydroxylation is 1. The number of likely N-dealkylation sites (tertiary alicyclic amines) is 1. The Labute approximate surface area is 100 Å². The van der Waals surface area contributed by atoms with Crippen molar-refractivity contribution in [1.82, 2.24) is 4.90 Å². The van der Waals surface area contributed by atoms with E-state index in [2.05, 4.69) is 0 Å². The minimum Gasteiger partial charge on any atom is -0.388 e. The van der Waals surface area contributed by atoms with Crippen LogP contribution in [0.25, 0.3) is 0 Å². The van der Waals surface area contributed by atoms with Crippen molar-refractivity contribution < 1.29 is 15.0 Å². The standard InChI is InChI=1S/C13H17NO3/c1-9-3-2-4-10(5-9)6-13(17)14-7-11(15)12(16)8-14/h2-5,11-12,15-16H,6-8H2,1H3/t11-,12+. The summed E-state index contributed by atoms with van der Waals surface area (Å²) in [5, 5.41) is 18.8. The van der Waals surface area contributed by atoms with E-state index in [-0.39, 0.29) is 19.0 Å². The summed E-state index contributed by atoms with van der Waals surface area (Å²) in [6, 6.07) is 7.79. The average Bonchev–Trinajstić information content (AvgIpc) is 2.59. The lowest BCUT2D eigenvalue weighted by Crippen LogP contribution is -2.31. The summed E-state index contributed by atoms with van der Waals surface area (Å²) in [5.74, 6) is -0.0498. The Morgan fingerprint density at radius 1 is 1.35 bits per heavy atom. The van der Waals surface area contributed by atoms with Crippen LogP contribution < -0.4 is 0 Å². The van der Waals surface area contributed by atoms with E-state index in [9.17, 15) is 15.0 Å². The molecule has 1 heterocycles. The highest BCUT2D eigenvalue weighted by atomic mass is 16.3. The van der Waals surface area contributed by atoms with Gasteiger partial charge in [-0.2, -0.15) is 0 Å². The summed E-state index contributed by atoms with van der Waals surface area (Å²) in [6.45, 7) is 2.44. The highest BCUT2D eigenvalue weighted by Crippen LogP contribution is 2.13. The molecule has 2 N–H and O–H groups in total. The van der Waals surface area contributed by atoms with Crippen LogP contribution in [0.2, 0.25) is 0 Å². The molecule has 4 nitrogen and oxygen atoms in total. The van der Waals surface area contributed by atoms with E-state index >= 15 is 0 Å². The molecule has 1 amide bonds. The van der Waals surface area contributed by atoms with Gasteiger partial charge in [-0.3, -0.25) is 4.79 Å². The van der Waals surface area contributed by atoms with Crippen molar-refractivity contribution in [2.45, 2.75) is 25.6 Å². The summed E-state index contributed by atoms with van der Waals surface area (Å²) < 4.78 is 0. The SMILES string of the molecule is Cc1cccc(CC(=O)N2C[C@@H](O)[C@@H](O)C2)c1. The quantitative estimate of drug-likeness (QED) is 0.764. The van der Waals surface area contributed by atoms with Gasteiger partial charge >= 0.3 is 0 Å².